The molecule has 4 heteroatoms. The maximum atomic E-state index is 5.42. The van der Waals surface area contributed by atoms with Crippen molar-refractivity contribution in [1.29, 1.82) is 0 Å². The van der Waals surface area contributed by atoms with Crippen LogP contribution in [0.15, 0.2) is 54.6 Å². The Morgan fingerprint density at radius 2 is 1.44 bits per heavy atom. The summed E-state index contributed by atoms with van der Waals surface area (Å²) >= 11 is 5.42. The molecule has 0 unspecified atom stereocenters. The van der Waals surface area contributed by atoms with Gasteiger partial charge in [0, 0.05) is 19.6 Å². The van der Waals surface area contributed by atoms with Crippen molar-refractivity contribution in [2.75, 3.05) is 13.1 Å². The van der Waals surface area contributed by atoms with Crippen LogP contribution >= 0.6 is 12.2 Å². The fourth-order valence-corrected chi connectivity index (χ4v) is 3.40. The molecule has 25 heavy (non-hydrogen) atoms. The lowest BCUT2D eigenvalue weighted by atomic mass is 10.0. The average Bonchev–Trinajstić information content (AvgIpc) is 2.67. The number of benzene rings is 2. The molecule has 2 aromatic carbocycles. The zero-order valence-corrected chi connectivity index (χ0v) is 15.5. The van der Waals surface area contributed by atoms with Crippen molar-refractivity contribution in [3.8, 4) is 0 Å². The molecule has 1 heterocycles. The predicted octanol–water partition coefficient (Wildman–Crippen LogP) is 3.84. The number of piperidine rings is 1. The van der Waals surface area contributed by atoms with Gasteiger partial charge in [0.05, 0.1) is 0 Å². The third-order valence-corrected chi connectivity index (χ3v) is 4.98. The third-order valence-electron chi connectivity index (χ3n) is 4.70. The standard InChI is InChI=1S/C21H27N3S/c25-21(22-15-18-9-3-1-4-10-18)23-16-19-11-5-6-12-20(19)17-24-13-7-2-8-14-24/h1,3-6,9-12H,2,7-8,13-17H2,(H2,22,23,25). The van der Waals surface area contributed by atoms with Crippen LogP contribution in [0.5, 0.6) is 0 Å². The van der Waals surface area contributed by atoms with Crippen molar-refractivity contribution < 1.29 is 0 Å². The number of thiocarbonyl (C=S) groups is 1. The lowest BCUT2D eigenvalue weighted by Gasteiger charge is -2.27. The molecule has 1 fully saturated rings. The van der Waals surface area contributed by atoms with E-state index in [9.17, 15) is 0 Å². The van der Waals surface area contributed by atoms with Crippen LogP contribution in [-0.4, -0.2) is 23.1 Å². The van der Waals surface area contributed by atoms with Crippen LogP contribution in [-0.2, 0) is 19.6 Å². The summed E-state index contributed by atoms with van der Waals surface area (Å²) in [6, 6.07) is 19.0. The molecule has 2 aromatic rings. The van der Waals surface area contributed by atoms with Gasteiger partial charge in [-0.15, -0.1) is 0 Å². The topological polar surface area (TPSA) is 27.3 Å². The number of rotatable bonds is 6. The van der Waals surface area contributed by atoms with Gasteiger partial charge in [-0.25, -0.2) is 0 Å². The summed E-state index contributed by atoms with van der Waals surface area (Å²) in [5.41, 5.74) is 3.97. The summed E-state index contributed by atoms with van der Waals surface area (Å²) in [5.74, 6) is 0. The first-order chi connectivity index (χ1) is 12.3. The summed E-state index contributed by atoms with van der Waals surface area (Å²) in [5, 5.41) is 7.33. The number of nitrogens with one attached hydrogen (secondary N) is 2. The lowest BCUT2D eigenvalue weighted by molar-refractivity contribution is 0.220. The largest absolute Gasteiger partial charge is 0.359 e. The van der Waals surface area contributed by atoms with Crippen LogP contribution in [0.4, 0.5) is 0 Å². The zero-order valence-electron chi connectivity index (χ0n) is 14.7. The SMILES string of the molecule is S=C(NCc1ccccc1)NCc1ccccc1CN1CCCCC1. The van der Waals surface area contributed by atoms with Gasteiger partial charge in [0.2, 0.25) is 0 Å². The second-order valence-electron chi connectivity index (χ2n) is 6.63. The van der Waals surface area contributed by atoms with Gasteiger partial charge < -0.3 is 10.6 Å². The molecule has 0 atom stereocenters. The molecule has 0 amide bonds. The molecule has 2 N–H and O–H groups in total. The fraction of sp³-hybridized carbons (Fsp3) is 0.381. The molecular weight excluding hydrogens is 326 g/mol. The van der Waals surface area contributed by atoms with Crippen molar-refractivity contribution in [3.63, 3.8) is 0 Å². The van der Waals surface area contributed by atoms with Gasteiger partial charge in [0.15, 0.2) is 5.11 Å². The van der Waals surface area contributed by atoms with Gasteiger partial charge in [0.1, 0.15) is 0 Å². The molecule has 0 aromatic heterocycles. The third kappa shape index (κ3) is 5.83. The Hall–Kier alpha value is -1.91. The van der Waals surface area contributed by atoms with E-state index in [0.717, 1.165) is 19.6 Å². The minimum absolute atomic E-state index is 0.705. The molecule has 0 aliphatic carbocycles. The van der Waals surface area contributed by atoms with E-state index in [2.05, 4.69) is 51.9 Å². The highest BCUT2D eigenvalue weighted by atomic mass is 32.1. The van der Waals surface area contributed by atoms with Crippen molar-refractivity contribution in [2.24, 2.45) is 0 Å². The van der Waals surface area contributed by atoms with Gasteiger partial charge in [-0.3, -0.25) is 4.90 Å². The van der Waals surface area contributed by atoms with Crippen LogP contribution in [0, 0.1) is 0 Å². The van der Waals surface area contributed by atoms with Gasteiger partial charge in [-0.2, -0.15) is 0 Å². The summed E-state index contributed by atoms with van der Waals surface area (Å²) in [6.45, 7) is 5.01. The molecule has 0 bridgehead atoms. The Bertz CT molecular complexity index is 666. The second-order valence-corrected chi connectivity index (χ2v) is 7.04. The minimum Gasteiger partial charge on any atom is -0.359 e. The highest BCUT2D eigenvalue weighted by Gasteiger charge is 2.12. The summed E-state index contributed by atoms with van der Waals surface area (Å²) in [7, 11) is 0. The van der Waals surface area contributed by atoms with E-state index < -0.39 is 0 Å². The Kier molecular flexibility index (Phi) is 6.83. The minimum atomic E-state index is 0.705. The highest BCUT2D eigenvalue weighted by molar-refractivity contribution is 7.80. The van der Waals surface area contributed by atoms with Crippen molar-refractivity contribution in [1.82, 2.24) is 15.5 Å². The zero-order chi connectivity index (χ0) is 17.3. The number of hydrogen-bond acceptors (Lipinski definition) is 2. The van der Waals surface area contributed by atoms with E-state index in [1.165, 1.54) is 49.0 Å². The number of likely N-dealkylation sites (tertiary alicyclic amines) is 1. The maximum absolute atomic E-state index is 5.42. The molecule has 3 rings (SSSR count). The molecule has 1 aliphatic rings. The fourth-order valence-electron chi connectivity index (χ4n) is 3.26. The Balaban J connectivity index is 1.49. The molecule has 132 valence electrons. The van der Waals surface area contributed by atoms with E-state index in [-0.39, 0.29) is 0 Å². The van der Waals surface area contributed by atoms with E-state index in [0.29, 0.717) is 5.11 Å². The predicted molar refractivity (Wildman–Crippen MR) is 108 cm³/mol. The summed E-state index contributed by atoms with van der Waals surface area (Å²) in [6.07, 6.45) is 4.03. The van der Waals surface area contributed by atoms with Gasteiger partial charge in [0.25, 0.3) is 0 Å². The lowest BCUT2D eigenvalue weighted by Crippen LogP contribution is -2.35. The Labute approximate surface area is 156 Å². The monoisotopic (exact) mass is 353 g/mol. The average molecular weight is 354 g/mol. The van der Waals surface area contributed by atoms with Crippen LogP contribution < -0.4 is 10.6 Å². The molecule has 0 radical (unpaired) electrons. The van der Waals surface area contributed by atoms with Crippen LogP contribution in [0.2, 0.25) is 0 Å². The molecule has 1 saturated heterocycles. The van der Waals surface area contributed by atoms with Crippen LogP contribution in [0.1, 0.15) is 36.0 Å². The maximum Gasteiger partial charge on any atom is 0.166 e. The first-order valence-electron chi connectivity index (χ1n) is 9.16. The van der Waals surface area contributed by atoms with Gasteiger partial charge in [-0.05, 0) is 54.8 Å². The molecule has 3 nitrogen and oxygen atoms in total. The first kappa shape index (κ1) is 17.9. The second kappa shape index (κ2) is 9.54. The highest BCUT2D eigenvalue weighted by Crippen LogP contribution is 2.16. The summed E-state index contributed by atoms with van der Waals surface area (Å²) < 4.78 is 0. The number of hydrogen-bond donors (Lipinski definition) is 2. The molecule has 0 saturated carbocycles. The van der Waals surface area contributed by atoms with Crippen LogP contribution in [0.3, 0.4) is 0 Å². The van der Waals surface area contributed by atoms with E-state index in [1.807, 2.05) is 18.2 Å². The van der Waals surface area contributed by atoms with Crippen LogP contribution in [0.25, 0.3) is 0 Å². The van der Waals surface area contributed by atoms with Crippen molar-refractivity contribution in [3.05, 3.63) is 71.3 Å². The van der Waals surface area contributed by atoms with Gasteiger partial charge in [-0.1, -0.05) is 61.0 Å². The Morgan fingerprint density at radius 3 is 2.20 bits per heavy atom. The van der Waals surface area contributed by atoms with Crippen molar-refractivity contribution >= 4 is 17.3 Å². The molecule has 1 aliphatic heterocycles. The van der Waals surface area contributed by atoms with E-state index in [1.54, 1.807) is 0 Å². The van der Waals surface area contributed by atoms with Gasteiger partial charge >= 0.3 is 0 Å². The van der Waals surface area contributed by atoms with E-state index in [4.69, 9.17) is 12.2 Å². The van der Waals surface area contributed by atoms with E-state index >= 15 is 0 Å². The smallest absolute Gasteiger partial charge is 0.166 e. The first-order valence-corrected chi connectivity index (χ1v) is 9.57. The molecular formula is C21H27N3S. The summed E-state index contributed by atoms with van der Waals surface area (Å²) in [4.78, 5) is 2.56. The quantitative estimate of drug-likeness (QED) is 0.772. The normalized spacial score (nSPS) is 14.9. The molecule has 0 spiro atoms. The Morgan fingerprint density at radius 1 is 0.800 bits per heavy atom. The number of nitrogens with zero attached hydrogens (tertiary/aromatic N) is 1. The van der Waals surface area contributed by atoms with Crippen molar-refractivity contribution in [2.45, 2.75) is 38.9 Å².